The van der Waals surface area contributed by atoms with Gasteiger partial charge in [-0.05, 0) is 6.07 Å². The van der Waals surface area contributed by atoms with Gasteiger partial charge in [0.1, 0.15) is 0 Å². The van der Waals surface area contributed by atoms with E-state index in [-0.39, 0.29) is 0 Å². The summed E-state index contributed by atoms with van der Waals surface area (Å²) in [6.07, 6.45) is 3.68. The second-order valence-corrected chi connectivity index (χ2v) is 2.10. The quantitative estimate of drug-likeness (QED) is 0.519. The maximum absolute atomic E-state index is 5.12. The van der Waals surface area contributed by atoms with E-state index in [0.29, 0.717) is 0 Å². The zero-order valence-electron chi connectivity index (χ0n) is 5.16. The Morgan fingerprint density at radius 1 is 1.44 bits per heavy atom. The molecule has 2 rings (SSSR count). The summed E-state index contributed by atoms with van der Waals surface area (Å²) >= 11 is 0. The molecule has 0 aliphatic carbocycles. The molecule has 0 spiro atoms. The third-order valence-electron chi connectivity index (χ3n) is 1.50. The van der Waals surface area contributed by atoms with Crippen LogP contribution in [-0.4, -0.2) is 4.57 Å². The maximum atomic E-state index is 5.12. The van der Waals surface area contributed by atoms with Crippen LogP contribution in [0.3, 0.4) is 0 Å². The second-order valence-electron chi connectivity index (χ2n) is 2.10. The summed E-state index contributed by atoms with van der Waals surface area (Å²) in [5, 5.41) is 0. The first-order valence-corrected chi connectivity index (χ1v) is 2.86. The van der Waals surface area contributed by atoms with Gasteiger partial charge in [-0.1, -0.05) is 0 Å². The molecule has 0 amide bonds. The van der Waals surface area contributed by atoms with Crippen LogP contribution in [-0.2, 0) is 7.05 Å². The normalized spacial score (nSPS) is 10.8. The van der Waals surface area contributed by atoms with E-state index in [1.165, 1.54) is 0 Å². The van der Waals surface area contributed by atoms with Crippen LogP contribution in [0.5, 0.6) is 0 Å². The summed E-state index contributed by atoms with van der Waals surface area (Å²) in [5.74, 6) is 0. The highest BCUT2D eigenvalue weighted by Crippen LogP contribution is 2.14. The lowest BCUT2D eigenvalue weighted by molar-refractivity contribution is 0.616. The number of nitrogens with zero attached hydrogens (tertiary/aromatic N) is 1. The van der Waals surface area contributed by atoms with Crippen molar-refractivity contribution in [2.75, 3.05) is 0 Å². The third kappa shape index (κ3) is 0.499. The summed E-state index contributed by atoms with van der Waals surface area (Å²) in [7, 11) is 2.00. The Morgan fingerprint density at radius 3 is 3.11 bits per heavy atom. The van der Waals surface area contributed by atoms with Crippen LogP contribution < -0.4 is 0 Å². The zero-order valence-corrected chi connectivity index (χ0v) is 5.16. The van der Waals surface area contributed by atoms with Gasteiger partial charge in [0.15, 0.2) is 5.58 Å². The molecule has 2 heteroatoms. The van der Waals surface area contributed by atoms with Crippen LogP contribution in [0.15, 0.2) is 29.0 Å². The SMILES string of the molecule is Cn1ccc2occc21. The van der Waals surface area contributed by atoms with E-state index in [2.05, 4.69) is 0 Å². The monoisotopic (exact) mass is 121 g/mol. The Labute approximate surface area is 52.7 Å². The van der Waals surface area contributed by atoms with E-state index in [9.17, 15) is 0 Å². The minimum atomic E-state index is 0.956. The maximum Gasteiger partial charge on any atom is 0.151 e. The van der Waals surface area contributed by atoms with Crippen LogP contribution in [0, 0.1) is 0 Å². The standard InChI is InChI=1S/C7H7NO/c1-8-4-2-7-6(8)3-5-9-7/h2-5H,1H3. The van der Waals surface area contributed by atoms with Crippen LogP contribution in [0.25, 0.3) is 11.1 Å². The molecule has 0 fully saturated rings. The molecule has 9 heavy (non-hydrogen) atoms. The van der Waals surface area contributed by atoms with Gasteiger partial charge in [0, 0.05) is 19.3 Å². The first kappa shape index (κ1) is 4.68. The second kappa shape index (κ2) is 1.41. The Hall–Kier alpha value is -1.18. The van der Waals surface area contributed by atoms with Crippen molar-refractivity contribution in [1.82, 2.24) is 4.57 Å². The molecular weight excluding hydrogens is 114 g/mol. The van der Waals surface area contributed by atoms with Gasteiger partial charge in [0.25, 0.3) is 0 Å². The fourth-order valence-electron chi connectivity index (χ4n) is 0.990. The topological polar surface area (TPSA) is 18.1 Å². The van der Waals surface area contributed by atoms with E-state index in [0.717, 1.165) is 11.1 Å². The minimum absolute atomic E-state index is 0.956. The molecule has 0 atom stereocenters. The molecule has 2 heterocycles. The lowest BCUT2D eigenvalue weighted by Gasteiger charge is -1.84. The molecule has 0 saturated carbocycles. The van der Waals surface area contributed by atoms with Crippen LogP contribution in [0.1, 0.15) is 0 Å². The van der Waals surface area contributed by atoms with E-state index in [4.69, 9.17) is 4.42 Å². The summed E-state index contributed by atoms with van der Waals surface area (Å²) < 4.78 is 7.14. The van der Waals surface area contributed by atoms with E-state index in [1.54, 1.807) is 6.26 Å². The number of hydrogen-bond donors (Lipinski definition) is 0. The molecule has 0 bridgehead atoms. The van der Waals surface area contributed by atoms with Crippen molar-refractivity contribution >= 4 is 11.1 Å². The Morgan fingerprint density at radius 2 is 2.33 bits per heavy atom. The summed E-state index contributed by atoms with van der Waals surface area (Å²) in [5.41, 5.74) is 2.10. The van der Waals surface area contributed by atoms with Gasteiger partial charge in [-0.25, -0.2) is 0 Å². The molecule has 0 unspecified atom stereocenters. The molecule has 0 aliphatic rings. The molecule has 0 saturated heterocycles. The average Bonchev–Trinajstić information content (AvgIpc) is 2.35. The van der Waals surface area contributed by atoms with Gasteiger partial charge < -0.3 is 8.98 Å². The predicted molar refractivity (Wildman–Crippen MR) is 35.2 cm³/mol. The van der Waals surface area contributed by atoms with Crippen molar-refractivity contribution in [3.8, 4) is 0 Å². The number of aryl methyl sites for hydroxylation is 1. The Kier molecular flexibility index (Phi) is 0.730. The first-order chi connectivity index (χ1) is 4.38. The first-order valence-electron chi connectivity index (χ1n) is 2.86. The van der Waals surface area contributed by atoms with Gasteiger partial charge in [-0.15, -0.1) is 0 Å². The predicted octanol–water partition coefficient (Wildman–Crippen LogP) is 1.77. The van der Waals surface area contributed by atoms with Gasteiger partial charge in [-0.3, -0.25) is 0 Å². The van der Waals surface area contributed by atoms with Gasteiger partial charge >= 0.3 is 0 Å². The van der Waals surface area contributed by atoms with Crippen molar-refractivity contribution in [3.63, 3.8) is 0 Å². The molecular formula is C7H7NO. The van der Waals surface area contributed by atoms with Crippen molar-refractivity contribution in [2.45, 2.75) is 0 Å². The minimum Gasteiger partial charge on any atom is -0.463 e. The van der Waals surface area contributed by atoms with E-state index < -0.39 is 0 Å². The fraction of sp³-hybridized carbons (Fsp3) is 0.143. The van der Waals surface area contributed by atoms with Crippen molar-refractivity contribution in [3.05, 3.63) is 24.6 Å². The van der Waals surface area contributed by atoms with Crippen LogP contribution in [0.4, 0.5) is 0 Å². The van der Waals surface area contributed by atoms with Crippen LogP contribution >= 0.6 is 0 Å². The van der Waals surface area contributed by atoms with E-state index >= 15 is 0 Å². The summed E-state index contributed by atoms with van der Waals surface area (Å²) in [6.45, 7) is 0. The Balaban J connectivity index is 2.99. The van der Waals surface area contributed by atoms with Crippen molar-refractivity contribution in [1.29, 1.82) is 0 Å². The van der Waals surface area contributed by atoms with Crippen molar-refractivity contribution in [2.24, 2.45) is 7.05 Å². The lowest BCUT2D eigenvalue weighted by Crippen LogP contribution is -1.79. The fourth-order valence-corrected chi connectivity index (χ4v) is 0.990. The van der Waals surface area contributed by atoms with Crippen molar-refractivity contribution < 1.29 is 4.42 Å². The van der Waals surface area contributed by atoms with Gasteiger partial charge in [0.2, 0.25) is 0 Å². The number of furan rings is 1. The highest BCUT2D eigenvalue weighted by Gasteiger charge is 1.96. The molecule has 0 aliphatic heterocycles. The third-order valence-corrected chi connectivity index (χ3v) is 1.50. The molecule has 2 aromatic rings. The highest BCUT2D eigenvalue weighted by atomic mass is 16.3. The molecule has 2 nitrogen and oxygen atoms in total. The Bertz CT molecular complexity index is 318. The molecule has 0 N–H and O–H groups in total. The number of rotatable bonds is 0. The number of hydrogen-bond acceptors (Lipinski definition) is 1. The zero-order chi connectivity index (χ0) is 6.27. The van der Waals surface area contributed by atoms with Gasteiger partial charge in [0.05, 0.1) is 11.8 Å². The van der Waals surface area contributed by atoms with Crippen LogP contribution in [0.2, 0.25) is 0 Å². The highest BCUT2D eigenvalue weighted by molar-refractivity contribution is 5.73. The average molecular weight is 121 g/mol. The molecule has 0 radical (unpaired) electrons. The largest absolute Gasteiger partial charge is 0.463 e. The van der Waals surface area contributed by atoms with Gasteiger partial charge in [-0.2, -0.15) is 0 Å². The molecule has 46 valence electrons. The summed E-state index contributed by atoms with van der Waals surface area (Å²) in [6, 6.07) is 3.91. The number of fused-ring (bicyclic) bond motifs is 1. The molecule has 0 aromatic carbocycles. The smallest absolute Gasteiger partial charge is 0.151 e. The van der Waals surface area contributed by atoms with E-state index in [1.807, 2.05) is 29.9 Å². The number of aromatic nitrogens is 1. The molecule has 2 aromatic heterocycles. The summed E-state index contributed by atoms with van der Waals surface area (Å²) in [4.78, 5) is 0. The lowest BCUT2D eigenvalue weighted by atomic mass is 10.5.